The van der Waals surface area contributed by atoms with Gasteiger partial charge >= 0.3 is 5.97 Å². The Balaban J connectivity index is 1.51. The second kappa shape index (κ2) is 7.79. The Morgan fingerprint density at radius 1 is 0.968 bits per heavy atom. The lowest BCUT2D eigenvalue weighted by molar-refractivity contribution is 0.0474. The van der Waals surface area contributed by atoms with Crippen molar-refractivity contribution in [1.29, 1.82) is 0 Å². The molecule has 158 valence electrons. The first-order valence-corrected chi connectivity index (χ1v) is 9.82. The van der Waals surface area contributed by atoms with Crippen molar-refractivity contribution in [2.45, 2.75) is 34.6 Å². The number of rotatable bonds is 5. The molecule has 3 heterocycles. The lowest BCUT2D eigenvalue weighted by Crippen LogP contribution is -2.15. The van der Waals surface area contributed by atoms with Crippen molar-refractivity contribution in [3.8, 4) is 5.82 Å². The molecule has 0 fully saturated rings. The Hall–Kier alpha value is -3.81. The van der Waals surface area contributed by atoms with Crippen molar-refractivity contribution in [2.75, 3.05) is 6.61 Å². The van der Waals surface area contributed by atoms with Gasteiger partial charge < -0.3 is 9.26 Å². The normalized spacial score (nSPS) is 11.1. The van der Waals surface area contributed by atoms with Gasteiger partial charge in [0.05, 0.1) is 28.0 Å². The second-order valence-corrected chi connectivity index (χ2v) is 7.51. The van der Waals surface area contributed by atoms with Crippen molar-refractivity contribution < 1.29 is 18.8 Å². The first kappa shape index (κ1) is 20.5. The molecule has 0 atom stereocenters. The van der Waals surface area contributed by atoms with Crippen molar-refractivity contribution in [3.05, 3.63) is 70.0 Å². The summed E-state index contributed by atoms with van der Waals surface area (Å²) in [5.41, 5.74) is 5.28. The molecule has 0 radical (unpaired) electrons. The van der Waals surface area contributed by atoms with Gasteiger partial charge in [0.15, 0.2) is 12.4 Å². The summed E-state index contributed by atoms with van der Waals surface area (Å²) in [5, 5.41) is 4.01. The van der Waals surface area contributed by atoms with E-state index < -0.39 is 5.97 Å². The summed E-state index contributed by atoms with van der Waals surface area (Å²) in [6.45, 7) is 8.88. The van der Waals surface area contributed by atoms with Gasteiger partial charge in [-0.15, -0.1) is 0 Å². The van der Waals surface area contributed by atoms with Crippen LogP contribution >= 0.6 is 0 Å². The second-order valence-electron chi connectivity index (χ2n) is 7.51. The number of fused-ring (bicyclic) bond motifs is 1. The molecule has 4 aromatic rings. The van der Waals surface area contributed by atoms with Crippen LogP contribution in [0.3, 0.4) is 0 Å². The molecule has 0 bridgehead atoms. The summed E-state index contributed by atoms with van der Waals surface area (Å²) < 4.78 is 12.2. The molecule has 31 heavy (non-hydrogen) atoms. The molecule has 0 aliphatic carbocycles. The van der Waals surface area contributed by atoms with Crippen molar-refractivity contribution >= 4 is 22.8 Å². The number of hydrogen-bond donors (Lipinski definition) is 0. The minimum Gasteiger partial charge on any atom is -0.454 e. The molecule has 0 spiro atoms. The Bertz CT molecular complexity index is 1330. The highest BCUT2D eigenvalue weighted by Gasteiger charge is 2.20. The maximum absolute atomic E-state index is 12.7. The van der Waals surface area contributed by atoms with E-state index in [2.05, 4.69) is 15.1 Å². The van der Waals surface area contributed by atoms with E-state index in [1.807, 2.05) is 32.3 Å². The molecule has 8 heteroatoms. The van der Waals surface area contributed by atoms with Crippen LogP contribution < -0.4 is 0 Å². The first-order chi connectivity index (χ1) is 14.7. The number of carbonyl (C=O) groups is 2. The minimum absolute atomic E-state index is 0.292. The lowest BCUT2D eigenvalue weighted by Gasteiger charge is -2.07. The minimum atomic E-state index is -0.587. The molecule has 0 saturated carbocycles. The molecule has 1 aromatic carbocycles. The number of aromatic nitrogens is 4. The molecule has 0 N–H and O–H groups in total. The van der Waals surface area contributed by atoms with Gasteiger partial charge in [-0.05, 0) is 58.9 Å². The van der Waals surface area contributed by atoms with E-state index in [0.29, 0.717) is 39.4 Å². The Morgan fingerprint density at radius 3 is 2.35 bits per heavy atom. The Labute approximate surface area is 178 Å². The van der Waals surface area contributed by atoms with Crippen LogP contribution in [-0.4, -0.2) is 38.1 Å². The largest absolute Gasteiger partial charge is 0.454 e. The van der Waals surface area contributed by atoms with Crippen LogP contribution in [0.5, 0.6) is 0 Å². The fourth-order valence-electron chi connectivity index (χ4n) is 3.51. The van der Waals surface area contributed by atoms with Gasteiger partial charge in [0, 0.05) is 23.0 Å². The van der Waals surface area contributed by atoms with Crippen LogP contribution in [0.25, 0.3) is 16.9 Å². The molecule has 0 aliphatic heterocycles. The Kier molecular flexibility index (Phi) is 5.14. The predicted octanol–water partition coefficient (Wildman–Crippen LogP) is 3.99. The molecule has 0 saturated heterocycles. The van der Waals surface area contributed by atoms with Gasteiger partial charge in [-0.2, -0.15) is 0 Å². The number of esters is 1. The number of aryl methyl sites for hydroxylation is 4. The summed E-state index contributed by atoms with van der Waals surface area (Å²) in [6.07, 6.45) is 0. The van der Waals surface area contributed by atoms with E-state index in [-0.39, 0.29) is 12.4 Å². The zero-order chi connectivity index (χ0) is 22.3. The van der Waals surface area contributed by atoms with Gasteiger partial charge in [0.2, 0.25) is 5.78 Å². The average molecular weight is 418 g/mol. The van der Waals surface area contributed by atoms with Crippen LogP contribution in [0, 0.1) is 34.6 Å². The highest BCUT2D eigenvalue weighted by molar-refractivity contribution is 6.01. The fourth-order valence-corrected chi connectivity index (χ4v) is 3.51. The molecule has 3 aromatic heterocycles. The van der Waals surface area contributed by atoms with Gasteiger partial charge in [-0.25, -0.2) is 14.8 Å². The summed E-state index contributed by atoms with van der Waals surface area (Å²) in [7, 11) is 0. The van der Waals surface area contributed by atoms with E-state index >= 15 is 0 Å². The number of hydrogen-bond acceptors (Lipinski definition) is 7. The van der Waals surface area contributed by atoms with Crippen molar-refractivity contribution in [1.82, 2.24) is 19.7 Å². The Morgan fingerprint density at radius 2 is 1.68 bits per heavy atom. The SMILES string of the molecule is Cc1cc(-n2c(C)cc(C(=O)COC(=O)c3ccc4nc(C)c(C)nc4c3)c2C)no1. The number of ketones is 1. The van der Waals surface area contributed by atoms with Crippen LogP contribution in [-0.2, 0) is 4.74 Å². The monoisotopic (exact) mass is 418 g/mol. The number of nitrogens with zero attached hydrogens (tertiary/aromatic N) is 4. The third-order valence-corrected chi connectivity index (χ3v) is 5.22. The zero-order valence-electron chi connectivity index (χ0n) is 18.0. The molecule has 0 amide bonds. The highest BCUT2D eigenvalue weighted by Crippen LogP contribution is 2.21. The highest BCUT2D eigenvalue weighted by atomic mass is 16.5. The third-order valence-electron chi connectivity index (χ3n) is 5.22. The van der Waals surface area contributed by atoms with E-state index in [1.165, 1.54) is 0 Å². The number of carbonyl (C=O) groups excluding carboxylic acids is 2. The van der Waals surface area contributed by atoms with Crippen LogP contribution in [0.2, 0.25) is 0 Å². The molecule has 4 rings (SSSR count). The lowest BCUT2D eigenvalue weighted by atomic mass is 10.1. The smallest absolute Gasteiger partial charge is 0.338 e. The fraction of sp³-hybridized carbons (Fsp3) is 0.261. The number of ether oxygens (including phenoxy) is 1. The van der Waals surface area contributed by atoms with Crippen LogP contribution in [0.4, 0.5) is 0 Å². The topological polar surface area (TPSA) is 100 Å². The summed E-state index contributed by atoms with van der Waals surface area (Å²) >= 11 is 0. The predicted molar refractivity (Wildman–Crippen MR) is 114 cm³/mol. The quantitative estimate of drug-likeness (QED) is 0.357. The third kappa shape index (κ3) is 3.84. The molecule has 8 nitrogen and oxygen atoms in total. The van der Waals surface area contributed by atoms with E-state index in [0.717, 1.165) is 17.1 Å². The molecule has 0 unspecified atom stereocenters. The molecule has 0 aliphatic rings. The van der Waals surface area contributed by atoms with E-state index in [1.54, 1.807) is 37.3 Å². The van der Waals surface area contributed by atoms with E-state index in [4.69, 9.17) is 9.26 Å². The van der Waals surface area contributed by atoms with Crippen LogP contribution in [0.15, 0.2) is 34.9 Å². The van der Waals surface area contributed by atoms with Gasteiger partial charge in [0.1, 0.15) is 5.76 Å². The maximum Gasteiger partial charge on any atom is 0.338 e. The first-order valence-electron chi connectivity index (χ1n) is 9.82. The van der Waals surface area contributed by atoms with Crippen LogP contribution in [0.1, 0.15) is 49.3 Å². The standard InChI is InChI=1S/C23H22N4O4/c1-12-8-18(16(5)27(12)22-9-13(2)31-26-22)21(28)11-30-23(29)17-6-7-19-20(10-17)25-15(4)14(3)24-19/h6-10H,11H2,1-5H3. The van der Waals surface area contributed by atoms with Gasteiger partial charge in [-0.1, -0.05) is 5.16 Å². The molecular formula is C23H22N4O4. The van der Waals surface area contributed by atoms with Gasteiger partial charge in [0.25, 0.3) is 0 Å². The summed E-state index contributed by atoms with van der Waals surface area (Å²) in [5.74, 6) is 0.400. The molecular weight excluding hydrogens is 396 g/mol. The zero-order valence-corrected chi connectivity index (χ0v) is 18.0. The maximum atomic E-state index is 12.7. The average Bonchev–Trinajstić information content (AvgIpc) is 3.28. The van der Waals surface area contributed by atoms with E-state index in [9.17, 15) is 9.59 Å². The summed E-state index contributed by atoms with van der Waals surface area (Å²) in [4.78, 5) is 34.2. The number of Topliss-reactive ketones (excluding diaryl/α,β-unsaturated/α-hetero) is 1. The number of benzene rings is 1. The van der Waals surface area contributed by atoms with Crippen molar-refractivity contribution in [3.63, 3.8) is 0 Å². The summed E-state index contributed by atoms with van der Waals surface area (Å²) in [6, 6.07) is 8.52. The van der Waals surface area contributed by atoms with Crippen molar-refractivity contribution in [2.24, 2.45) is 0 Å². The van der Waals surface area contributed by atoms with Gasteiger partial charge in [-0.3, -0.25) is 9.36 Å².